The topological polar surface area (TPSA) is 0 Å². The summed E-state index contributed by atoms with van der Waals surface area (Å²) in [7, 11) is 0. The third-order valence-corrected chi connectivity index (χ3v) is 1.92. The number of hydrogen-bond donors (Lipinski definition) is 0. The van der Waals surface area contributed by atoms with Crippen molar-refractivity contribution >= 4 is 0 Å². The van der Waals surface area contributed by atoms with Crippen LogP contribution in [0.5, 0.6) is 0 Å². The second-order valence-corrected chi connectivity index (χ2v) is 3.22. The van der Waals surface area contributed by atoms with Crippen LogP contribution in [-0.4, -0.2) is 0 Å². The Bertz CT molecular complexity index is 90.2. The zero-order valence-electron chi connectivity index (χ0n) is 7.72. The molecule has 0 amide bonds. The minimum atomic E-state index is 0. The Balaban J connectivity index is 0. The van der Waals surface area contributed by atoms with E-state index in [1.165, 1.54) is 12.8 Å². The fourth-order valence-electron chi connectivity index (χ4n) is 1.23. The Kier molecular flexibility index (Phi) is 9.51. The van der Waals surface area contributed by atoms with E-state index in [9.17, 15) is 0 Å². The van der Waals surface area contributed by atoms with Crippen molar-refractivity contribution < 1.29 is 0 Å². The molecule has 0 fully saturated rings. The maximum Gasteiger partial charge on any atom is -0.0211 e. The van der Waals surface area contributed by atoms with Gasteiger partial charge in [-0.05, 0) is 25.2 Å². The van der Waals surface area contributed by atoms with Crippen LogP contribution >= 0.6 is 0 Å². The van der Waals surface area contributed by atoms with E-state index >= 15 is 0 Å². The van der Waals surface area contributed by atoms with Gasteiger partial charge in [0.05, 0.1) is 0 Å². The fourth-order valence-corrected chi connectivity index (χ4v) is 1.23. The summed E-state index contributed by atoms with van der Waals surface area (Å²) in [5.41, 5.74) is 0. The van der Waals surface area contributed by atoms with Crippen LogP contribution in [0.1, 0.15) is 48.0 Å². The van der Waals surface area contributed by atoms with E-state index < -0.39 is 0 Å². The van der Waals surface area contributed by atoms with Gasteiger partial charge in [-0.15, -0.1) is 0 Å². The molecule has 0 heterocycles. The molecule has 0 saturated heterocycles. The summed E-state index contributed by atoms with van der Waals surface area (Å²) in [6, 6.07) is 0. The van der Waals surface area contributed by atoms with Crippen LogP contribution in [0, 0.1) is 11.8 Å². The summed E-state index contributed by atoms with van der Waals surface area (Å²) < 4.78 is 0. The van der Waals surface area contributed by atoms with Crippen molar-refractivity contribution in [1.82, 2.24) is 0 Å². The second-order valence-electron chi connectivity index (χ2n) is 3.22. The van der Waals surface area contributed by atoms with Gasteiger partial charge < -0.3 is 0 Å². The summed E-state index contributed by atoms with van der Waals surface area (Å²) in [5.74, 6) is 1.60. The lowest BCUT2D eigenvalue weighted by molar-refractivity contribution is 0.432. The van der Waals surface area contributed by atoms with Crippen molar-refractivity contribution in [3.05, 3.63) is 12.2 Å². The number of hydrogen-bond acceptors (Lipinski definition) is 0. The van der Waals surface area contributed by atoms with Gasteiger partial charge in [0, 0.05) is 0 Å². The predicted octanol–water partition coefficient (Wildman–Crippen LogP) is 4.27. The molecule has 0 aromatic rings. The molecule has 0 aliphatic carbocycles. The Hall–Kier alpha value is -0.260. The Labute approximate surface area is 72.7 Å². The molecular formula is C11H24. The highest BCUT2D eigenvalue weighted by molar-refractivity contribution is 4.86. The van der Waals surface area contributed by atoms with Gasteiger partial charge in [0.1, 0.15) is 0 Å². The molecule has 0 spiro atoms. The Morgan fingerprint density at radius 2 is 1.82 bits per heavy atom. The molecule has 0 unspecified atom stereocenters. The quantitative estimate of drug-likeness (QED) is 0.533. The normalized spacial score (nSPS) is 13.5. The zero-order valence-corrected chi connectivity index (χ0v) is 7.72. The third-order valence-electron chi connectivity index (χ3n) is 1.92. The van der Waals surface area contributed by atoms with Crippen molar-refractivity contribution in [3.63, 3.8) is 0 Å². The van der Waals surface area contributed by atoms with Crippen molar-refractivity contribution in [1.29, 1.82) is 0 Å². The van der Waals surface area contributed by atoms with Gasteiger partial charge in [0.2, 0.25) is 0 Å². The van der Waals surface area contributed by atoms with Crippen molar-refractivity contribution in [2.24, 2.45) is 11.8 Å². The molecule has 11 heavy (non-hydrogen) atoms. The van der Waals surface area contributed by atoms with E-state index in [0.717, 1.165) is 11.8 Å². The predicted molar refractivity (Wildman–Crippen MR) is 54.8 cm³/mol. The van der Waals surface area contributed by atoms with Gasteiger partial charge in [-0.3, -0.25) is 0 Å². The van der Waals surface area contributed by atoms with Crippen molar-refractivity contribution in [3.8, 4) is 0 Å². The first-order chi connectivity index (χ1) is 4.72. The lowest BCUT2D eigenvalue weighted by atomic mass is 9.91. The summed E-state index contributed by atoms with van der Waals surface area (Å²) in [6.45, 7) is 8.94. The molecule has 0 aliphatic rings. The smallest absolute Gasteiger partial charge is 0.0211 e. The van der Waals surface area contributed by atoms with Gasteiger partial charge in [0.15, 0.2) is 0 Å². The van der Waals surface area contributed by atoms with E-state index in [0.29, 0.717) is 0 Å². The standard InChI is InChI=1S/C10H20.CH4/c1-5-7-10(8-6-2)9(3)4;/h5,7,9-10H,6,8H2,1-4H3;1H4/b7-5-;/t10-;/m0./s1. The van der Waals surface area contributed by atoms with Crippen LogP contribution in [-0.2, 0) is 0 Å². The summed E-state index contributed by atoms with van der Waals surface area (Å²) in [5, 5.41) is 0. The van der Waals surface area contributed by atoms with Crippen LogP contribution in [0.25, 0.3) is 0 Å². The highest BCUT2D eigenvalue weighted by atomic mass is 14.1. The highest BCUT2D eigenvalue weighted by Gasteiger charge is 2.06. The third kappa shape index (κ3) is 6.15. The van der Waals surface area contributed by atoms with E-state index in [2.05, 4.69) is 39.8 Å². The monoisotopic (exact) mass is 156 g/mol. The molecule has 1 atom stereocenters. The second kappa shape index (κ2) is 7.84. The molecule has 0 bridgehead atoms. The lowest BCUT2D eigenvalue weighted by Gasteiger charge is -2.14. The van der Waals surface area contributed by atoms with E-state index in [-0.39, 0.29) is 7.43 Å². The average molecular weight is 156 g/mol. The molecular weight excluding hydrogens is 132 g/mol. The summed E-state index contributed by atoms with van der Waals surface area (Å²) in [4.78, 5) is 0. The van der Waals surface area contributed by atoms with Gasteiger partial charge in [0.25, 0.3) is 0 Å². The maximum atomic E-state index is 2.33. The lowest BCUT2D eigenvalue weighted by Crippen LogP contribution is -2.04. The summed E-state index contributed by atoms with van der Waals surface area (Å²) in [6.07, 6.45) is 7.13. The number of allylic oxidation sites excluding steroid dienone is 2. The fraction of sp³-hybridized carbons (Fsp3) is 0.818. The van der Waals surface area contributed by atoms with Crippen LogP contribution in [0.4, 0.5) is 0 Å². The molecule has 0 aromatic heterocycles. The van der Waals surface area contributed by atoms with E-state index in [4.69, 9.17) is 0 Å². The van der Waals surface area contributed by atoms with Gasteiger partial charge >= 0.3 is 0 Å². The molecule has 0 heteroatoms. The van der Waals surface area contributed by atoms with Gasteiger partial charge in [-0.2, -0.15) is 0 Å². The van der Waals surface area contributed by atoms with Gasteiger partial charge in [-0.1, -0.05) is 46.8 Å². The van der Waals surface area contributed by atoms with Crippen LogP contribution in [0.15, 0.2) is 12.2 Å². The molecule has 0 saturated carbocycles. The largest absolute Gasteiger partial charge is 0.0914 e. The minimum Gasteiger partial charge on any atom is -0.0914 e. The number of rotatable bonds is 4. The molecule has 0 aliphatic heterocycles. The van der Waals surface area contributed by atoms with Crippen LogP contribution in [0.2, 0.25) is 0 Å². The van der Waals surface area contributed by atoms with Crippen molar-refractivity contribution in [2.45, 2.75) is 48.0 Å². The van der Waals surface area contributed by atoms with Crippen LogP contribution in [0.3, 0.4) is 0 Å². The molecule has 0 radical (unpaired) electrons. The van der Waals surface area contributed by atoms with E-state index in [1.807, 2.05) is 0 Å². The maximum absolute atomic E-state index is 2.33. The average Bonchev–Trinajstić information content (AvgIpc) is 1.87. The Morgan fingerprint density at radius 1 is 1.27 bits per heavy atom. The minimum absolute atomic E-state index is 0. The highest BCUT2D eigenvalue weighted by Crippen LogP contribution is 2.17. The first-order valence-electron chi connectivity index (χ1n) is 4.35. The molecule has 0 N–H and O–H groups in total. The molecule has 0 nitrogen and oxygen atoms in total. The van der Waals surface area contributed by atoms with Gasteiger partial charge in [-0.25, -0.2) is 0 Å². The molecule has 68 valence electrons. The Morgan fingerprint density at radius 3 is 2.09 bits per heavy atom. The first-order valence-corrected chi connectivity index (χ1v) is 4.35. The summed E-state index contributed by atoms with van der Waals surface area (Å²) >= 11 is 0. The van der Waals surface area contributed by atoms with Crippen molar-refractivity contribution in [2.75, 3.05) is 0 Å². The zero-order chi connectivity index (χ0) is 7.98. The molecule has 0 rings (SSSR count). The SMILES string of the molecule is C.C/C=C\[C@@H](CCC)C(C)C. The molecule has 0 aromatic carbocycles. The first kappa shape index (κ1) is 13.3. The van der Waals surface area contributed by atoms with E-state index in [1.54, 1.807) is 0 Å². The van der Waals surface area contributed by atoms with Crippen LogP contribution < -0.4 is 0 Å².